The van der Waals surface area contributed by atoms with Crippen molar-refractivity contribution in [2.24, 2.45) is 5.92 Å². The van der Waals surface area contributed by atoms with Crippen LogP contribution in [-0.4, -0.2) is 37.9 Å². The van der Waals surface area contributed by atoms with Crippen molar-refractivity contribution in [1.29, 1.82) is 0 Å². The van der Waals surface area contributed by atoms with Crippen LogP contribution in [0.5, 0.6) is 0 Å². The number of hydrogen-bond acceptors (Lipinski definition) is 3. The molecule has 98 valence electrons. The Balaban J connectivity index is 2.57. The van der Waals surface area contributed by atoms with Crippen LogP contribution in [0.25, 0.3) is 0 Å². The summed E-state index contributed by atoms with van der Waals surface area (Å²) in [6.45, 7) is 4.86. The molecule has 1 heterocycles. The van der Waals surface area contributed by atoms with Crippen LogP contribution in [0.2, 0.25) is 0 Å². The molecule has 1 aliphatic rings. The first kappa shape index (κ1) is 14.4. The zero-order chi connectivity index (χ0) is 13.1. The Morgan fingerprint density at radius 2 is 2.06 bits per heavy atom. The highest BCUT2D eigenvalue weighted by Crippen LogP contribution is 2.21. The van der Waals surface area contributed by atoms with Gasteiger partial charge in [-0.2, -0.15) is 0 Å². The number of piperidine rings is 1. The molecule has 0 aromatic carbocycles. The number of ketones is 1. The highest BCUT2D eigenvalue weighted by molar-refractivity contribution is 7.88. The monoisotopic (exact) mass is 259 g/mol. The maximum Gasteiger partial charge on any atom is 0.211 e. The van der Waals surface area contributed by atoms with E-state index in [1.165, 1.54) is 10.6 Å². The first-order chi connectivity index (χ1) is 7.79. The summed E-state index contributed by atoms with van der Waals surface area (Å²) in [5, 5.41) is 0. The minimum absolute atomic E-state index is 0.102. The second-order valence-corrected chi connectivity index (χ2v) is 7.00. The first-order valence-electron chi connectivity index (χ1n) is 5.92. The highest BCUT2D eigenvalue weighted by atomic mass is 32.2. The number of hydrogen-bond donors (Lipinski definition) is 0. The van der Waals surface area contributed by atoms with E-state index < -0.39 is 10.0 Å². The third-order valence-electron chi connectivity index (χ3n) is 2.89. The van der Waals surface area contributed by atoms with Crippen LogP contribution in [-0.2, 0) is 14.8 Å². The fourth-order valence-electron chi connectivity index (χ4n) is 2.16. The summed E-state index contributed by atoms with van der Waals surface area (Å²) in [6, 6.07) is 0. The van der Waals surface area contributed by atoms with Crippen molar-refractivity contribution in [2.45, 2.75) is 33.1 Å². The van der Waals surface area contributed by atoms with Gasteiger partial charge in [-0.3, -0.25) is 4.79 Å². The van der Waals surface area contributed by atoms with Crippen LogP contribution in [0.15, 0.2) is 11.6 Å². The van der Waals surface area contributed by atoms with E-state index in [4.69, 9.17) is 0 Å². The number of nitrogens with zero attached hydrogens (tertiary/aromatic N) is 1. The van der Waals surface area contributed by atoms with Crippen molar-refractivity contribution < 1.29 is 13.2 Å². The van der Waals surface area contributed by atoms with E-state index in [1.54, 1.807) is 6.08 Å². The van der Waals surface area contributed by atoms with Crippen molar-refractivity contribution in [1.82, 2.24) is 4.31 Å². The average molecular weight is 259 g/mol. The van der Waals surface area contributed by atoms with Gasteiger partial charge in [0.1, 0.15) is 0 Å². The molecule has 0 aromatic heterocycles. The van der Waals surface area contributed by atoms with Gasteiger partial charge < -0.3 is 0 Å². The number of carbonyl (C=O) groups is 1. The molecule has 0 aromatic rings. The van der Waals surface area contributed by atoms with Crippen molar-refractivity contribution >= 4 is 15.8 Å². The molecule has 0 N–H and O–H groups in total. The van der Waals surface area contributed by atoms with Crippen molar-refractivity contribution in [3.05, 3.63) is 11.6 Å². The molecule has 1 unspecified atom stereocenters. The van der Waals surface area contributed by atoms with Crippen molar-refractivity contribution in [3.63, 3.8) is 0 Å². The summed E-state index contributed by atoms with van der Waals surface area (Å²) in [5.41, 5.74) is 0.991. The van der Waals surface area contributed by atoms with E-state index in [0.717, 1.165) is 18.4 Å². The molecule has 0 radical (unpaired) electrons. The van der Waals surface area contributed by atoms with Crippen molar-refractivity contribution in [2.75, 3.05) is 19.3 Å². The zero-order valence-electron chi connectivity index (χ0n) is 10.8. The Morgan fingerprint density at radius 3 is 2.59 bits per heavy atom. The Hall–Kier alpha value is -0.680. The van der Waals surface area contributed by atoms with Crippen LogP contribution in [0.1, 0.15) is 33.1 Å². The lowest BCUT2D eigenvalue weighted by molar-refractivity contribution is -0.115. The minimum Gasteiger partial charge on any atom is -0.295 e. The van der Waals surface area contributed by atoms with E-state index in [-0.39, 0.29) is 11.7 Å². The molecule has 0 saturated carbocycles. The maximum atomic E-state index is 11.6. The van der Waals surface area contributed by atoms with Gasteiger partial charge in [0.15, 0.2) is 5.78 Å². The number of carbonyl (C=O) groups excluding carboxylic acids is 1. The lowest BCUT2D eigenvalue weighted by atomic mass is 9.94. The van der Waals surface area contributed by atoms with Gasteiger partial charge in [-0.05, 0) is 38.7 Å². The summed E-state index contributed by atoms with van der Waals surface area (Å²) < 4.78 is 24.3. The average Bonchev–Trinajstić information content (AvgIpc) is 2.15. The standard InChI is InChI=1S/C12H21NO3S/c1-10(2)7-12(14)8-11-5-4-6-13(9-11)17(3,15)16/h7,11H,4-6,8-9H2,1-3H3. The van der Waals surface area contributed by atoms with Gasteiger partial charge in [0.2, 0.25) is 10.0 Å². The molecule has 1 atom stereocenters. The van der Waals surface area contributed by atoms with Crippen molar-refractivity contribution in [3.8, 4) is 0 Å². The quantitative estimate of drug-likeness (QED) is 0.720. The van der Waals surface area contributed by atoms with E-state index in [1.807, 2.05) is 13.8 Å². The molecule has 1 rings (SSSR count). The van der Waals surface area contributed by atoms with E-state index in [2.05, 4.69) is 0 Å². The Morgan fingerprint density at radius 1 is 1.41 bits per heavy atom. The Bertz CT molecular complexity index is 407. The van der Waals surface area contributed by atoms with Gasteiger partial charge >= 0.3 is 0 Å². The largest absolute Gasteiger partial charge is 0.295 e. The van der Waals surface area contributed by atoms with Crippen LogP contribution >= 0.6 is 0 Å². The van der Waals surface area contributed by atoms with E-state index >= 15 is 0 Å². The molecule has 5 heteroatoms. The lowest BCUT2D eigenvalue weighted by Gasteiger charge is -2.30. The molecule has 0 aliphatic carbocycles. The minimum atomic E-state index is -3.11. The summed E-state index contributed by atoms with van der Waals surface area (Å²) in [6.07, 6.45) is 5.11. The summed E-state index contributed by atoms with van der Waals surface area (Å²) in [7, 11) is -3.11. The molecule has 0 spiro atoms. The molecule has 0 amide bonds. The first-order valence-corrected chi connectivity index (χ1v) is 7.76. The smallest absolute Gasteiger partial charge is 0.211 e. The van der Waals surface area contributed by atoms with Gasteiger partial charge in [0.05, 0.1) is 6.26 Å². The van der Waals surface area contributed by atoms with Crippen LogP contribution in [0.3, 0.4) is 0 Å². The number of rotatable bonds is 4. The van der Waals surface area contributed by atoms with Gasteiger partial charge in [0, 0.05) is 19.5 Å². The highest BCUT2D eigenvalue weighted by Gasteiger charge is 2.26. The summed E-state index contributed by atoms with van der Waals surface area (Å²) in [4.78, 5) is 11.6. The number of sulfonamides is 1. The lowest BCUT2D eigenvalue weighted by Crippen LogP contribution is -2.39. The van der Waals surface area contributed by atoms with Gasteiger partial charge in [0.25, 0.3) is 0 Å². The normalized spacial score (nSPS) is 22.2. The topological polar surface area (TPSA) is 54.5 Å². The van der Waals surface area contributed by atoms with Gasteiger partial charge in [-0.15, -0.1) is 0 Å². The zero-order valence-corrected chi connectivity index (χ0v) is 11.6. The third-order valence-corrected chi connectivity index (χ3v) is 4.16. The Labute approximate surface area is 104 Å². The molecule has 1 saturated heterocycles. The number of allylic oxidation sites excluding steroid dienone is 2. The van der Waals surface area contributed by atoms with Crippen LogP contribution < -0.4 is 0 Å². The molecular weight excluding hydrogens is 238 g/mol. The summed E-state index contributed by atoms with van der Waals surface area (Å²) in [5.74, 6) is 0.270. The summed E-state index contributed by atoms with van der Waals surface area (Å²) >= 11 is 0. The SMILES string of the molecule is CC(C)=CC(=O)CC1CCCN(S(C)(=O)=O)C1. The van der Waals surface area contributed by atoms with E-state index in [9.17, 15) is 13.2 Å². The van der Waals surface area contributed by atoms with E-state index in [0.29, 0.717) is 19.5 Å². The Kier molecular flexibility index (Phi) is 4.89. The predicted octanol–water partition coefficient (Wildman–Crippen LogP) is 1.58. The second kappa shape index (κ2) is 5.78. The third kappa shape index (κ3) is 5.00. The molecule has 1 fully saturated rings. The fourth-order valence-corrected chi connectivity index (χ4v) is 3.10. The van der Waals surface area contributed by atoms with Gasteiger partial charge in [-0.25, -0.2) is 12.7 Å². The molecular formula is C12H21NO3S. The van der Waals surface area contributed by atoms with Crippen LogP contribution in [0.4, 0.5) is 0 Å². The molecule has 17 heavy (non-hydrogen) atoms. The predicted molar refractivity (Wildman–Crippen MR) is 68.2 cm³/mol. The molecule has 0 bridgehead atoms. The fraction of sp³-hybridized carbons (Fsp3) is 0.750. The molecule has 1 aliphatic heterocycles. The van der Waals surface area contributed by atoms with Crippen LogP contribution in [0, 0.1) is 5.92 Å². The maximum absolute atomic E-state index is 11.6. The second-order valence-electron chi connectivity index (χ2n) is 5.02. The van der Waals surface area contributed by atoms with Gasteiger partial charge in [-0.1, -0.05) is 5.57 Å². The molecule has 4 nitrogen and oxygen atoms in total.